The number of aliphatic hydroxyl groups is 1. The van der Waals surface area contributed by atoms with Crippen LogP contribution in [0, 0.1) is 5.92 Å². The molecule has 0 amide bonds. The van der Waals surface area contributed by atoms with E-state index in [2.05, 4.69) is 17.3 Å². The molecule has 2 aliphatic rings. The Morgan fingerprint density at radius 1 is 1.27 bits per heavy atom. The summed E-state index contributed by atoms with van der Waals surface area (Å²) in [5.41, 5.74) is 0. The molecule has 0 bridgehead atoms. The molecule has 0 radical (unpaired) electrons. The second-order valence-corrected chi connectivity index (χ2v) is 5.33. The molecule has 1 saturated heterocycles. The van der Waals surface area contributed by atoms with E-state index in [9.17, 15) is 5.11 Å². The first-order valence-electron chi connectivity index (χ1n) is 6.34. The van der Waals surface area contributed by atoms with E-state index in [1.54, 1.807) is 0 Å². The zero-order chi connectivity index (χ0) is 10.7. The van der Waals surface area contributed by atoms with Crippen molar-refractivity contribution in [2.45, 2.75) is 44.2 Å². The first kappa shape index (κ1) is 11.4. The summed E-state index contributed by atoms with van der Waals surface area (Å²) in [6, 6.07) is 0.715. The standard InChI is InChI=1S/C12H24N2O/c1-14-5-2-3-11(4-6-14)13-9-10-7-12(15)8-10/h10-13,15H,2-9H2,1H3. The molecule has 1 unspecified atom stereocenters. The van der Waals surface area contributed by atoms with Crippen LogP contribution in [0.2, 0.25) is 0 Å². The summed E-state index contributed by atoms with van der Waals surface area (Å²) in [6.45, 7) is 3.59. The van der Waals surface area contributed by atoms with E-state index in [1.807, 2.05) is 0 Å². The van der Waals surface area contributed by atoms with Gasteiger partial charge in [-0.05, 0) is 64.7 Å². The molecule has 0 aromatic rings. The molecule has 2 fully saturated rings. The van der Waals surface area contributed by atoms with Crippen molar-refractivity contribution >= 4 is 0 Å². The highest BCUT2D eigenvalue weighted by molar-refractivity contribution is 4.82. The van der Waals surface area contributed by atoms with Crippen LogP contribution >= 0.6 is 0 Å². The van der Waals surface area contributed by atoms with Crippen molar-refractivity contribution in [3.8, 4) is 0 Å². The molecule has 0 aromatic carbocycles. The van der Waals surface area contributed by atoms with E-state index in [4.69, 9.17) is 0 Å². The highest BCUT2D eigenvalue weighted by atomic mass is 16.3. The van der Waals surface area contributed by atoms with Gasteiger partial charge in [0.05, 0.1) is 6.10 Å². The van der Waals surface area contributed by atoms with E-state index in [0.29, 0.717) is 6.04 Å². The number of nitrogens with zero attached hydrogens (tertiary/aromatic N) is 1. The van der Waals surface area contributed by atoms with Gasteiger partial charge in [-0.2, -0.15) is 0 Å². The largest absolute Gasteiger partial charge is 0.393 e. The third-order valence-electron chi connectivity index (χ3n) is 3.86. The minimum atomic E-state index is -0.00272. The van der Waals surface area contributed by atoms with E-state index < -0.39 is 0 Å². The summed E-state index contributed by atoms with van der Waals surface area (Å²) in [6.07, 6.45) is 5.95. The summed E-state index contributed by atoms with van der Waals surface area (Å²) in [4.78, 5) is 2.43. The van der Waals surface area contributed by atoms with Gasteiger partial charge in [0.15, 0.2) is 0 Å². The normalized spacial score (nSPS) is 38.4. The van der Waals surface area contributed by atoms with Crippen LogP contribution in [0.1, 0.15) is 32.1 Å². The fourth-order valence-corrected chi connectivity index (χ4v) is 2.64. The number of nitrogens with one attached hydrogen (secondary N) is 1. The third-order valence-corrected chi connectivity index (χ3v) is 3.86. The monoisotopic (exact) mass is 212 g/mol. The number of aliphatic hydroxyl groups excluding tert-OH is 1. The number of rotatable bonds is 3. The average Bonchev–Trinajstić information content (AvgIpc) is 2.36. The van der Waals surface area contributed by atoms with Gasteiger partial charge in [-0.1, -0.05) is 0 Å². The van der Waals surface area contributed by atoms with Gasteiger partial charge in [0.1, 0.15) is 0 Å². The first-order valence-corrected chi connectivity index (χ1v) is 6.34. The molecular formula is C12H24N2O. The van der Waals surface area contributed by atoms with Crippen LogP contribution < -0.4 is 5.32 Å². The minimum absolute atomic E-state index is 0.00272. The maximum Gasteiger partial charge on any atom is 0.0546 e. The third kappa shape index (κ3) is 3.44. The predicted molar refractivity (Wildman–Crippen MR) is 61.9 cm³/mol. The Balaban J connectivity index is 1.61. The molecular weight excluding hydrogens is 188 g/mol. The lowest BCUT2D eigenvalue weighted by Crippen LogP contribution is -2.40. The van der Waals surface area contributed by atoms with Crippen molar-refractivity contribution in [2.75, 3.05) is 26.7 Å². The molecule has 1 atom stereocenters. The Bertz CT molecular complexity index is 192. The molecule has 1 saturated carbocycles. The quantitative estimate of drug-likeness (QED) is 0.727. The predicted octanol–water partition coefficient (Wildman–Crippen LogP) is 0.831. The Morgan fingerprint density at radius 2 is 2.07 bits per heavy atom. The molecule has 88 valence electrons. The topological polar surface area (TPSA) is 35.5 Å². The lowest BCUT2D eigenvalue weighted by atomic mass is 9.82. The van der Waals surface area contributed by atoms with E-state index in [0.717, 1.165) is 25.3 Å². The highest BCUT2D eigenvalue weighted by Gasteiger charge is 2.27. The molecule has 0 spiro atoms. The van der Waals surface area contributed by atoms with Crippen LogP contribution in [-0.4, -0.2) is 48.8 Å². The van der Waals surface area contributed by atoms with Crippen molar-refractivity contribution < 1.29 is 5.11 Å². The van der Waals surface area contributed by atoms with Crippen molar-refractivity contribution in [1.82, 2.24) is 10.2 Å². The van der Waals surface area contributed by atoms with Crippen LogP contribution in [0.5, 0.6) is 0 Å². The second kappa shape index (κ2) is 5.28. The van der Waals surface area contributed by atoms with Crippen LogP contribution in [0.3, 0.4) is 0 Å². The van der Waals surface area contributed by atoms with Gasteiger partial charge in [0.2, 0.25) is 0 Å². The molecule has 15 heavy (non-hydrogen) atoms. The number of hydrogen-bond acceptors (Lipinski definition) is 3. The van der Waals surface area contributed by atoms with E-state index >= 15 is 0 Å². The Morgan fingerprint density at radius 3 is 2.80 bits per heavy atom. The SMILES string of the molecule is CN1CCCC(NCC2CC(O)C2)CC1. The van der Waals surface area contributed by atoms with Crippen molar-refractivity contribution in [2.24, 2.45) is 5.92 Å². The van der Waals surface area contributed by atoms with Crippen LogP contribution in [0.25, 0.3) is 0 Å². The summed E-state index contributed by atoms with van der Waals surface area (Å²) in [7, 11) is 2.21. The molecule has 3 heteroatoms. The van der Waals surface area contributed by atoms with Gasteiger partial charge in [-0.15, -0.1) is 0 Å². The number of hydrogen-bond donors (Lipinski definition) is 2. The zero-order valence-electron chi connectivity index (χ0n) is 9.78. The fourth-order valence-electron chi connectivity index (χ4n) is 2.64. The molecule has 1 aliphatic carbocycles. The minimum Gasteiger partial charge on any atom is -0.393 e. The van der Waals surface area contributed by atoms with Crippen molar-refractivity contribution in [3.63, 3.8) is 0 Å². The maximum absolute atomic E-state index is 9.20. The molecule has 1 heterocycles. The van der Waals surface area contributed by atoms with Gasteiger partial charge < -0.3 is 15.3 Å². The maximum atomic E-state index is 9.20. The molecule has 2 rings (SSSR count). The van der Waals surface area contributed by atoms with Crippen molar-refractivity contribution in [1.29, 1.82) is 0 Å². The first-order chi connectivity index (χ1) is 7.24. The molecule has 2 N–H and O–H groups in total. The number of likely N-dealkylation sites (tertiary alicyclic amines) is 1. The van der Waals surface area contributed by atoms with Crippen molar-refractivity contribution in [3.05, 3.63) is 0 Å². The van der Waals surface area contributed by atoms with E-state index in [-0.39, 0.29) is 6.10 Å². The van der Waals surface area contributed by atoms with Gasteiger partial charge in [-0.25, -0.2) is 0 Å². The Kier molecular flexibility index (Phi) is 4.00. The Hall–Kier alpha value is -0.120. The van der Waals surface area contributed by atoms with Crippen LogP contribution in [0.15, 0.2) is 0 Å². The molecule has 1 aliphatic heterocycles. The van der Waals surface area contributed by atoms with Gasteiger partial charge in [0, 0.05) is 6.04 Å². The van der Waals surface area contributed by atoms with Crippen LogP contribution in [0.4, 0.5) is 0 Å². The average molecular weight is 212 g/mol. The Labute approximate surface area is 92.8 Å². The van der Waals surface area contributed by atoms with Crippen LogP contribution in [-0.2, 0) is 0 Å². The summed E-state index contributed by atoms with van der Waals surface area (Å²) in [5, 5.41) is 12.9. The van der Waals surface area contributed by atoms with E-state index in [1.165, 1.54) is 32.4 Å². The summed E-state index contributed by atoms with van der Waals surface area (Å²) < 4.78 is 0. The summed E-state index contributed by atoms with van der Waals surface area (Å²) >= 11 is 0. The molecule has 0 aromatic heterocycles. The smallest absolute Gasteiger partial charge is 0.0546 e. The highest BCUT2D eigenvalue weighted by Crippen LogP contribution is 2.26. The zero-order valence-corrected chi connectivity index (χ0v) is 9.78. The molecule has 3 nitrogen and oxygen atoms in total. The second-order valence-electron chi connectivity index (χ2n) is 5.33. The van der Waals surface area contributed by atoms with Gasteiger partial charge >= 0.3 is 0 Å². The lowest BCUT2D eigenvalue weighted by Gasteiger charge is -2.32. The summed E-state index contributed by atoms with van der Waals surface area (Å²) in [5.74, 6) is 0.737. The van der Waals surface area contributed by atoms with Gasteiger partial charge in [0.25, 0.3) is 0 Å². The van der Waals surface area contributed by atoms with Gasteiger partial charge in [-0.3, -0.25) is 0 Å². The fraction of sp³-hybridized carbons (Fsp3) is 1.00. The lowest BCUT2D eigenvalue weighted by molar-refractivity contribution is 0.0416.